The SMILES string of the molecule is COc1ccc(/C(C)=N\NC(=O)c2ccccc2OC)c(OC)c1. The van der Waals surface area contributed by atoms with E-state index in [0.29, 0.717) is 28.5 Å². The summed E-state index contributed by atoms with van der Waals surface area (Å²) in [5, 5.41) is 4.15. The Morgan fingerprint density at radius 3 is 2.29 bits per heavy atom. The van der Waals surface area contributed by atoms with Crippen LogP contribution in [0.1, 0.15) is 22.8 Å². The summed E-state index contributed by atoms with van der Waals surface area (Å²) in [6, 6.07) is 12.3. The van der Waals surface area contributed by atoms with Gasteiger partial charge in [0.05, 0.1) is 32.6 Å². The number of hydrazone groups is 1. The van der Waals surface area contributed by atoms with Crippen molar-refractivity contribution >= 4 is 11.6 Å². The first kappa shape index (κ1) is 17.3. The molecule has 0 atom stereocenters. The number of hydrogen-bond donors (Lipinski definition) is 1. The lowest BCUT2D eigenvalue weighted by Crippen LogP contribution is -2.20. The van der Waals surface area contributed by atoms with Gasteiger partial charge in [-0.3, -0.25) is 4.79 Å². The minimum Gasteiger partial charge on any atom is -0.497 e. The number of ether oxygens (including phenoxy) is 3. The Kier molecular flexibility index (Phi) is 5.78. The zero-order valence-corrected chi connectivity index (χ0v) is 14.1. The summed E-state index contributed by atoms with van der Waals surface area (Å²) in [4.78, 5) is 12.3. The van der Waals surface area contributed by atoms with Gasteiger partial charge in [0.1, 0.15) is 17.2 Å². The average molecular weight is 328 g/mol. The third-order valence-corrected chi connectivity index (χ3v) is 3.48. The molecule has 0 aliphatic heterocycles. The van der Waals surface area contributed by atoms with Gasteiger partial charge in [-0.25, -0.2) is 5.43 Å². The van der Waals surface area contributed by atoms with Gasteiger partial charge < -0.3 is 14.2 Å². The summed E-state index contributed by atoms with van der Waals surface area (Å²) in [6.45, 7) is 1.78. The third kappa shape index (κ3) is 3.84. The van der Waals surface area contributed by atoms with E-state index in [-0.39, 0.29) is 5.91 Å². The Morgan fingerprint density at radius 1 is 0.917 bits per heavy atom. The van der Waals surface area contributed by atoms with Crippen molar-refractivity contribution in [2.45, 2.75) is 6.92 Å². The van der Waals surface area contributed by atoms with Crippen LogP contribution in [0.2, 0.25) is 0 Å². The normalized spacial score (nSPS) is 10.9. The number of rotatable bonds is 6. The number of methoxy groups -OCH3 is 3. The fourth-order valence-corrected chi connectivity index (χ4v) is 2.18. The van der Waals surface area contributed by atoms with Crippen LogP contribution in [0.5, 0.6) is 17.2 Å². The molecule has 2 aromatic carbocycles. The largest absolute Gasteiger partial charge is 0.497 e. The molecule has 0 saturated carbocycles. The molecule has 2 rings (SSSR count). The van der Waals surface area contributed by atoms with Gasteiger partial charge in [0.15, 0.2) is 0 Å². The third-order valence-electron chi connectivity index (χ3n) is 3.48. The van der Waals surface area contributed by atoms with Crippen LogP contribution in [0.25, 0.3) is 0 Å². The molecule has 1 amide bonds. The lowest BCUT2D eigenvalue weighted by atomic mass is 10.1. The minimum atomic E-state index is -0.348. The number of carbonyl (C=O) groups is 1. The summed E-state index contributed by atoms with van der Waals surface area (Å²) in [6.07, 6.45) is 0. The van der Waals surface area contributed by atoms with Crippen LogP contribution in [-0.2, 0) is 0 Å². The van der Waals surface area contributed by atoms with Gasteiger partial charge in [-0.15, -0.1) is 0 Å². The van der Waals surface area contributed by atoms with Crippen molar-refractivity contribution in [1.29, 1.82) is 0 Å². The Balaban J connectivity index is 2.21. The van der Waals surface area contributed by atoms with E-state index in [1.54, 1.807) is 57.5 Å². The van der Waals surface area contributed by atoms with E-state index in [1.807, 2.05) is 6.07 Å². The quantitative estimate of drug-likeness (QED) is 0.654. The smallest absolute Gasteiger partial charge is 0.275 e. The lowest BCUT2D eigenvalue weighted by Gasteiger charge is -2.11. The highest BCUT2D eigenvalue weighted by atomic mass is 16.5. The number of nitrogens with one attached hydrogen (secondary N) is 1. The second-order valence-corrected chi connectivity index (χ2v) is 4.90. The fraction of sp³-hybridized carbons (Fsp3) is 0.222. The van der Waals surface area contributed by atoms with Crippen LogP contribution >= 0.6 is 0 Å². The summed E-state index contributed by atoms with van der Waals surface area (Å²) >= 11 is 0. The van der Waals surface area contributed by atoms with Crippen molar-refractivity contribution in [1.82, 2.24) is 5.43 Å². The lowest BCUT2D eigenvalue weighted by molar-refractivity contribution is 0.0952. The molecule has 0 radical (unpaired) electrons. The highest BCUT2D eigenvalue weighted by Gasteiger charge is 2.12. The van der Waals surface area contributed by atoms with Crippen LogP contribution in [-0.4, -0.2) is 32.9 Å². The van der Waals surface area contributed by atoms with E-state index in [2.05, 4.69) is 10.5 Å². The van der Waals surface area contributed by atoms with E-state index in [4.69, 9.17) is 14.2 Å². The van der Waals surface area contributed by atoms with Gasteiger partial charge in [0, 0.05) is 11.6 Å². The molecular formula is C18H20N2O4. The number of amides is 1. The standard InChI is InChI=1S/C18H20N2O4/c1-12(14-10-9-13(22-2)11-17(14)24-4)19-20-18(21)15-7-5-6-8-16(15)23-3/h5-11H,1-4H3,(H,20,21)/b19-12-. The Morgan fingerprint density at radius 2 is 1.62 bits per heavy atom. The average Bonchev–Trinajstić information content (AvgIpc) is 2.65. The predicted octanol–water partition coefficient (Wildman–Crippen LogP) is 2.87. The zero-order chi connectivity index (χ0) is 17.5. The summed E-state index contributed by atoms with van der Waals surface area (Å²) in [7, 11) is 4.67. The first-order chi connectivity index (χ1) is 11.6. The molecule has 0 spiro atoms. The number of nitrogens with zero attached hydrogens (tertiary/aromatic N) is 1. The van der Waals surface area contributed by atoms with Gasteiger partial charge in [0.25, 0.3) is 5.91 Å². The molecule has 2 aromatic rings. The number of para-hydroxylation sites is 1. The number of carbonyl (C=O) groups excluding carboxylic acids is 1. The van der Waals surface area contributed by atoms with Crippen molar-refractivity contribution in [3.63, 3.8) is 0 Å². The Labute approximate surface area is 141 Å². The van der Waals surface area contributed by atoms with Gasteiger partial charge in [-0.2, -0.15) is 5.10 Å². The molecule has 24 heavy (non-hydrogen) atoms. The molecule has 6 nitrogen and oxygen atoms in total. The van der Waals surface area contributed by atoms with Crippen LogP contribution in [0, 0.1) is 0 Å². The van der Waals surface area contributed by atoms with E-state index in [0.717, 1.165) is 5.56 Å². The van der Waals surface area contributed by atoms with Crippen molar-refractivity contribution in [3.05, 3.63) is 53.6 Å². The van der Waals surface area contributed by atoms with Crippen molar-refractivity contribution < 1.29 is 19.0 Å². The van der Waals surface area contributed by atoms with Crippen molar-refractivity contribution in [2.75, 3.05) is 21.3 Å². The van der Waals surface area contributed by atoms with E-state index in [1.165, 1.54) is 7.11 Å². The predicted molar refractivity (Wildman–Crippen MR) is 92.2 cm³/mol. The summed E-state index contributed by atoms with van der Waals surface area (Å²) < 4.78 is 15.7. The van der Waals surface area contributed by atoms with E-state index in [9.17, 15) is 4.79 Å². The van der Waals surface area contributed by atoms with Crippen LogP contribution in [0.15, 0.2) is 47.6 Å². The molecule has 0 aliphatic rings. The maximum Gasteiger partial charge on any atom is 0.275 e. The summed E-state index contributed by atoms with van der Waals surface area (Å²) in [5.41, 5.74) is 4.32. The molecule has 1 N–H and O–H groups in total. The van der Waals surface area contributed by atoms with E-state index >= 15 is 0 Å². The van der Waals surface area contributed by atoms with Crippen LogP contribution < -0.4 is 19.6 Å². The second-order valence-electron chi connectivity index (χ2n) is 4.90. The van der Waals surface area contributed by atoms with Crippen LogP contribution in [0.4, 0.5) is 0 Å². The Bertz CT molecular complexity index is 756. The highest BCUT2D eigenvalue weighted by molar-refractivity contribution is 6.03. The van der Waals surface area contributed by atoms with Crippen molar-refractivity contribution in [2.24, 2.45) is 5.10 Å². The first-order valence-corrected chi connectivity index (χ1v) is 7.30. The van der Waals surface area contributed by atoms with Gasteiger partial charge in [0.2, 0.25) is 0 Å². The van der Waals surface area contributed by atoms with Crippen molar-refractivity contribution in [3.8, 4) is 17.2 Å². The number of hydrogen-bond acceptors (Lipinski definition) is 5. The molecular weight excluding hydrogens is 308 g/mol. The Hall–Kier alpha value is -3.02. The molecule has 0 fully saturated rings. The zero-order valence-electron chi connectivity index (χ0n) is 14.1. The van der Waals surface area contributed by atoms with E-state index < -0.39 is 0 Å². The van der Waals surface area contributed by atoms with Crippen LogP contribution in [0.3, 0.4) is 0 Å². The molecule has 0 unspecified atom stereocenters. The fourth-order valence-electron chi connectivity index (χ4n) is 2.18. The number of benzene rings is 2. The molecule has 0 aromatic heterocycles. The minimum absolute atomic E-state index is 0.348. The maximum absolute atomic E-state index is 12.3. The van der Waals surface area contributed by atoms with Gasteiger partial charge >= 0.3 is 0 Å². The monoisotopic (exact) mass is 328 g/mol. The molecule has 6 heteroatoms. The molecule has 0 heterocycles. The molecule has 0 saturated heterocycles. The van der Waals surface area contributed by atoms with Gasteiger partial charge in [-0.05, 0) is 31.2 Å². The first-order valence-electron chi connectivity index (χ1n) is 7.30. The summed E-state index contributed by atoms with van der Waals surface area (Å²) in [5.74, 6) is 1.44. The highest BCUT2D eigenvalue weighted by Crippen LogP contribution is 2.25. The molecule has 0 bridgehead atoms. The second kappa shape index (κ2) is 8.01. The molecule has 0 aliphatic carbocycles. The maximum atomic E-state index is 12.3. The molecule has 126 valence electrons. The van der Waals surface area contributed by atoms with Gasteiger partial charge in [-0.1, -0.05) is 12.1 Å². The topological polar surface area (TPSA) is 69.2 Å².